The van der Waals surface area contributed by atoms with Crippen LogP contribution in [0.3, 0.4) is 0 Å². The van der Waals surface area contributed by atoms with E-state index in [-0.39, 0.29) is 13.2 Å². The molecule has 0 aliphatic carbocycles. The standard InChI is InChI=1S/C4H10O3S2/c1-9(6,8)7-4-2-3-5/h5H,2-4H2,1H3. The Hall–Kier alpha value is 0.290. The van der Waals surface area contributed by atoms with Crippen LogP contribution in [-0.4, -0.2) is 28.8 Å². The molecule has 0 radical (unpaired) electrons. The SMILES string of the molecule is CS(=O)(=S)OCCCO. The molecule has 0 aliphatic heterocycles. The van der Waals surface area contributed by atoms with Crippen molar-refractivity contribution in [3.8, 4) is 0 Å². The molecule has 56 valence electrons. The Bertz CT molecular complexity index is 149. The second kappa shape index (κ2) is 4.16. The molecule has 0 fully saturated rings. The highest BCUT2D eigenvalue weighted by atomic mass is 32.8. The summed E-state index contributed by atoms with van der Waals surface area (Å²) in [5.41, 5.74) is 0. The van der Waals surface area contributed by atoms with Crippen molar-refractivity contribution in [3.63, 3.8) is 0 Å². The van der Waals surface area contributed by atoms with Crippen LogP contribution in [0.4, 0.5) is 0 Å². The van der Waals surface area contributed by atoms with Crippen LogP contribution in [0.5, 0.6) is 0 Å². The molecule has 9 heavy (non-hydrogen) atoms. The van der Waals surface area contributed by atoms with Gasteiger partial charge in [0.2, 0.25) is 0 Å². The summed E-state index contributed by atoms with van der Waals surface area (Å²) in [5, 5.41) is 8.26. The lowest BCUT2D eigenvalue weighted by molar-refractivity contribution is 0.244. The van der Waals surface area contributed by atoms with Crippen molar-refractivity contribution in [2.45, 2.75) is 6.42 Å². The fourth-order valence-corrected chi connectivity index (χ4v) is 0.900. The summed E-state index contributed by atoms with van der Waals surface area (Å²) in [4.78, 5) is 0. The van der Waals surface area contributed by atoms with Crippen LogP contribution in [0.2, 0.25) is 0 Å². The van der Waals surface area contributed by atoms with Gasteiger partial charge in [0, 0.05) is 24.1 Å². The van der Waals surface area contributed by atoms with Gasteiger partial charge in [-0.15, -0.1) is 0 Å². The maximum atomic E-state index is 10.6. The third kappa shape index (κ3) is 8.29. The molecule has 0 aliphatic rings. The van der Waals surface area contributed by atoms with E-state index in [1.807, 2.05) is 0 Å². The first-order valence-corrected chi connectivity index (χ1v) is 5.33. The predicted octanol–water partition coefficient (Wildman–Crippen LogP) is -0.323. The van der Waals surface area contributed by atoms with Gasteiger partial charge in [-0.05, 0) is 6.42 Å². The van der Waals surface area contributed by atoms with Crippen molar-refractivity contribution in [2.75, 3.05) is 19.5 Å². The average molecular weight is 170 g/mol. The zero-order chi connectivity index (χ0) is 7.33. The van der Waals surface area contributed by atoms with Crippen molar-refractivity contribution in [3.05, 3.63) is 0 Å². The van der Waals surface area contributed by atoms with Crippen LogP contribution in [0.25, 0.3) is 0 Å². The molecule has 1 unspecified atom stereocenters. The highest BCUT2D eigenvalue weighted by molar-refractivity contribution is 8.29. The molecule has 0 aromatic rings. The predicted molar refractivity (Wildman–Crippen MR) is 39.1 cm³/mol. The van der Waals surface area contributed by atoms with Crippen LogP contribution in [0.1, 0.15) is 6.42 Å². The van der Waals surface area contributed by atoms with E-state index in [0.29, 0.717) is 6.42 Å². The summed E-state index contributed by atoms with van der Waals surface area (Å²) in [6.45, 7) is 0.320. The van der Waals surface area contributed by atoms with Gasteiger partial charge in [0.05, 0.1) is 6.61 Å². The Morgan fingerprint density at radius 3 is 2.67 bits per heavy atom. The second-order valence-corrected chi connectivity index (χ2v) is 5.06. The Kier molecular flexibility index (Phi) is 4.29. The van der Waals surface area contributed by atoms with Crippen LogP contribution in [0.15, 0.2) is 0 Å². The first kappa shape index (κ1) is 9.29. The Labute approximate surface area is 59.9 Å². The van der Waals surface area contributed by atoms with Crippen LogP contribution >= 0.6 is 0 Å². The number of aliphatic hydroxyl groups is 1. The zero-order valence-corrected chi connectivity index (χ0v) is 6.83. The summed E-state index contributed by atoms with van der Waals surface area (Å²) >= 11 is 4.42. The van der Waals surface area contributed by atoms with Crippen molar-refractivity contribution in [1.29, 1.82) is 0 Å². The van der Waals surface area contributed by atoms with Gasteiger partial charge in [-0.3, -0.25) is 4.18 Å². The molecule has 0 spiro atoms. The van der Waals surface area contributed by atoms with Crippen molar-refractivity contribution in [1.82, 2.24) is 0 Å². The van der Waals surface area contributed by atoms with E-state index < -0.39 is 8.77 Å². The minimum Gasteiger partial charge on any atom is -0.396 e. The number of hydrogen-bond acceptors (Lipinski definition) is 4. The number of hydrogen-bond donors (Lipinski definition) is 1. The molecular weight excluding hydrogens is 160 g/mol. The molecule has 5 heteroatoms. The minimum absolute atomic E-state index is 0.0465. The van der Waals surface area contributed by atoms with E-state index >= 15 is 0 Å². The fourth-order valence-electron chi connectivity index (χ4n) is 0.275. The molecule has 0 aromatic heterocycles. The lowest BCUT2D eigenvalue weighted by Crippen LogP contribution is -2.03. The largest absolute Gasteiger partial charge is 0.396 e. The molecule has 0 saturated carbocycles. The fraction of sp³-hybridized carbons (Fsp3) is 1.00. The van der Waals surface area contributed by atoms with Gasteiger partial charge in [-0.25, -0.2) is 4.21 Å². The van der Waals surface area contributed by atoms with Gasteiger partial charge in [-0.1, -0.05) is 0 Å². The molecule has 0 aromatic carbocycles. The maximum absolute atomic E-state index is 10.6. The summed E-state index contributed by atoms with van der Waals surface area (Å²) in [5.74, 6) is 0. The normalized spacial score (nSPS) is 17.1. The van der Waals surface area contributed by atoms with E-state index in [1.165, 1.54) is 6.26 Å². The smallest absolute Gasteiger partial charge is 0.141 e. The van der Waals surface area contributed by atoms with Crippen molar-refractivity contribution < 1.29 is 13.5 Å². The van der Waals surface area contributed by atoms with E-state index in [0.717, 1.165) is 0 Å². The molecule has 0 amide bonds. The van der Waals surface area contributed by atoms with Crippen molar-refractivity contribution in [2.24, 2.45) is 0 Å². The highest BCUT2D eigenvalue weighted by Gasteiger charge is 1.94. The number of aliphatic hydroxyl groups excluding tert-OH is 1. The Morgan fingerprint density at radius 1 is 1.78 bits per heavy atom. The second-order valence-electron chi connectivity index (χ2n) is 1.60. The molecular formula is C4H10O3S2. The van der Waals surface area contributed by atoms with Gasteiger partial charge < -0.3 is 5.11 Å². The quantitative estimate of drug-likeness (QED) is 0.587. The summed E-state index contributed by atoms with van der Waals surface area (Å²) in [7, 11) is -2.47. The third-order valence-corrected chi connectivity index (χ3v) is 1.48. The topological polar surface area (TPSA) is 46.5 Å². The van der Waals surface area contributed by atoms with E-state index in [2.05, 4.69) is 15.4 Å². The average Bonchev–Trinajstić information content (AvgIpc) is 1.63. The Balaban J connectivity index is 3.30. The van der Waals surface area contributed by atoms with Crippen LogP contribution in [-0.2, 0) is 24.1 Å². The van der Waals surface area contributed by atoms with Crippen molar-refractivity contribution >= 4 is 20.0 Å². The molecule has 0 bridgehead atoms. The molecule has 0 saturated heterocycles. The maximum Gasteiger partial charge on any atom is 0.141 e. The third-order valence-electron chi connectivity index (χ3n) is 0.600. The highest BCUT2D eigenvalue weighted by Crippen LogP contribution is 1.88. The van der Waals surface area contributed by atoms with Gasteiger partial charge in [0.25, 0.3) is 0 Å². The lowest BCUT2D eigenvalue weighted by Gasteiger charge is -1.99. The monoisotopic (exact) mass is 170 g/mol. The van der Waals surface area contributed by atoms with Gasteiger partial charge in [-0.2, -0.15) is 0 Å². The van der Waals surface area contributed by atoms with E-state index in [1.54, 1.807) is 0 Å². The van der Waals surface area contributed by atoms with E-state index in [9.17, 15) is 4.21 Å². The van der Waals surface area contributed by atoms with Crippen LogP contribution < -0.4 is 0 Å². The summed E-state index contributed by atoms with van der Waals surface area (Å²) in [6.07, 6.45) is 1.83. The first-order valence-electron chi connectivity index (χ1n) is 2.51. The minimum atomic E-state index is -2.47. The Morgan fingerprint density at radius 2 is 2.33 bits per heavy atom. The van der Waals surface area contributed by atoms with Gasteiger partial charge in [0.1, 0.15) is 8.77 Å². The molecule has 0 heterocycles. The molecule has 1 N–H and O–H groups in total. The number of rotatable bonds is 4. The molecule has 1 atom stereocenters. The van der Waals surface area contributed by atoms with Gasteiger partial charge >= 0.3 is 0 Å². The first-order chi connectivity index (χ1) is 4.06. The lowest BCUT2D eigenvalue weighted by atomic mass is 10.5. The summed E-state index contributed by atoms with van der Waals surface area (Å²) in [6, 6.07) is 0. The summed E-state index contributed by atoms with van der Waals surface area (Å²) < 4.78 is 15.2. The van der Waals surface area contributed by atoms with Crippen LogP contribution in [0, 0.1) is 0 Å². The van der Waals surface area contributed by atoms with Gasteiger partial charge in [0.15, 0.2) is 0 Å². The molecule has 3 nitrogen and oxygen atoms in total. The zero-order valence-electron chi connectivity index (χ0n) is 5.20. The molecule has 0 rings (SSSR count). The van der Waals surface area contributed by atoms with E-state index in [4.69, 9.17) is 5.11 Å².